The smallest absolute Gasteiger partial charge is 0.222 e. The van der Waals surface area contributed by atoms with Crippen LogP contribution in [0.2, 0.25) is 0 Å². The normalized spacial score (nSPS) is 21.6. The van der Waals surface area contributed by atoms with Gasteiger partial charge in [-0.15, -0.1) is 0 Å². The van der Waals surface area contributed by atoms with Crippen molar-refractivity contribution in [3.05, 3.63) is 18.5 Å². The predicted molar refractivity (Wildman–Crippen MR) is 56.7 cm³/mol. The molecule has 1 aromatic heterocycles. The molecule has 0 spiro atoms. The molecule has 1 N–H and O–H groups in total. The number of aromatic nitrogens is 2. The van der Waals surface area contributed by atoms with Crippen LogP contribution in [0.4, 0.5) is 5.95 Å². The number of nitrogens with one attached hydrogen (secondary N) is 1. The van der Waals surface area contributed by atoms with Crippen molar-refractivity contribution >= 4 is 12.2 Å². The van der Waals surface area contributed by atoms with Gasteiger partial charge in [0, 0.05) is 18.4 Å². The summed E-state index contributed by atoms with van der Waals surface area (Å²) in [6.45, 7) is 0.832. The number of hydrogen-bond donors (Lipinski definition) is 1. The first-order valence-electron chi connectivity index (χ1n) is 4.97. The Balaban J connectivity index is 1.93. The van der Waals surface area contributed by atoms with Crippen LogP contribution in [0.3, 0.4) is 0 Å². The molecule has 1 aliphatic rings. The lowest BCUT2D eigenvalue weighted by atomic mass is 10.1. The van der Waals surface area contributed by atoms with Crippen molar-refractivity contribution < 1.29 is 0 Å². The maximum atomic E-state index is 4.31. The first-order valence-corrected chi connectivity index (χ1v) is 4.97. The molecule has 0 bridgehead atoms. The lowest BCUT2D eigenvalue weighted by Gasteiger charge is -2.14. The van der Waals surface area contributed by atoms with Crippen LogP contribution in [-0.2, 0) is 0 Å². The van der Waals surface area contributed by atoms with Gasteiger partial charge < -0.3 is 5.32 Å². The van der Waals surface area contributed by atoms with Crippen molar-refractivity contribution in [2.24, 2.45) is 4.99 Å². The third-order valence-corrected chi connectivity index (χ3v) is 2.24. The van der Waals surface area contributed by atoms with Crippen molar-refractivity contribution in [2.45, 2.75) is 25.3 Å². The molecule has 1 aromatic rings. The Morgan fingerprint density at radius 3 is 3.00 bits per heavy atom. The highest BCUT2D eigenvalue weighted by Crippen LogP contribution is 2.08. The fraction of sp³-hybridized carbons (Fsp3) is 0.500. The Labute approximate surface area is 83.5 Å². The molecule has 0 unspecified atom stereocenters. The molecule has 14 heavy (non-hydrogen) atoms. The third-order valence-electron chi connectivity index (χ3n) is 2.24. The number of anilines is 1. The Morgan fingerprint density at radius 2 is 2.14 bits per heavy atom. The molecule has 74 valence electrons. The predicted octanol–water partition coefficient (Wildman–Crippen LogP) is 1.51. The van der Waals surface area contributed by atoms with Crippen LogP contribution in [0.1, 0.15) is 19.3 Å². The molecule has 2 heterocycles. The molecule has 4 nitrogen and oxygen atoms in total. The van der Waals surface area contributed by atoms with Crippen LogP contribution in [-0.4, -0.2) is 28.8 Å². The fourth-order valence-corrected chi connectivity index (χ4v) is 1.51. The van der Waals surface area contributed by atoms with E-state index in [2.05, 4.69) is 20.3 Å². The van der Waals surface area contributed by atoms with Gasteiger partial charge in [0.05, 0.1) is 6.54 Å². The topological polar surface area (TPSA) is 50.2 Å². The van der Waals surface area contributed by atoms with Gasteiger partial charge >= 0.3 is 0 Å². The van der Waals surface area contributed by atoms with Gasteiger partial charge in [0.25, 0.3) is 0 Å². The summed E-state index contributed by atoms with van der Waals surface area (Å²) >= 11 is 0. The van der Waals surface area contributed by atoms with E-state index in [4.69, 9.17) is 0 Å². The van der Waals surface area contributed by atoms with Gasteiger partial charge in [-0.3, -0.25) is 4.99 Å². The summed E-state index contributed by atoms with van der Waals surface area (Å²) in [6.07, 6.45) is 8.91. The van der Waals surface area contributed by atoms with Crippen LogP contribution in [0.5, 0.6) is 0 Å². The van der Waals surface area contributed by atoms with Crippen LogP contribution in [0.15, 0.2) is 23.5 Å². The standard InChI is InChI=1S/C10H14N4/c1-2-5-11-8-9(4-1)14-10-12-6-3-7-13-10/h3,5-7,9H,1-2,4,8H2,(H,12,13,14)/t9-/m0/s1. The summed E-state index contributed by atoms with van der Waals surface area (Å²) in [7, 11) is 0. The second-order valence-corrected chi connectivity index (χ2v) is 3.39. The van der Waals surface area contributed by atoms with Gasteiger partial charge in [-0.1, -0.05) is 0 Å². The largest absolute Gasteiger partial charge is 0.350 e. The minimum absolute atomic E-state index is 0.385. The van der Waals surface area contributed by atoms with E-state index in [1.807, 2.05) is 12.3 Å². The average Bonchev–Trinajstić information content (AvgIpc) is 2.48. The van der Waals surface area contributed by atoms with E-state index < -0.39 is 0 Å². The molecule has 0 aromatic carbocycles. The molecule has 1 aliphatic heterocycles. The van der Waals surface area contributed by atoms with Crippen LogP contribution in [0.25, 0.3) is 0 Å². The van der Waals surface area contributed by atoms with E-state index in [1.165, 1.54) is 6.42 Å². The van der Waals surface area contributed by atoms with Crippen LogP contribution < -0.4 is 5.32 Å². The molecule has 0 fully saturated rings. The Kier molecular flexibility index (Phi) is 3.06. The molecule has 2 rings (SSSR count). The maximum absolute atomic E-state index is 4.31. The quantitative estimate of drug-likeness (QED) is 0.769. The minimum atomic E-state index is 0.385. The van der Waals surface area contributed by atoms with Crippen molar-refractivity contribution in [3.8, 4) is 0 Å². The zero-order valence-corrected chi connectivity index (χ0v) is 8.06. The summed E-state index contributed by atoms with van der Waals surface area (Å²) in [4.78, 5) is 12.6. The summed E-state index contributed by atoms with van der Waals surface area (Å²) in [5.41, 5.74) is 0. The third kappa shape index (κ3) is 2.52. The zero-order valence-electron chi connectivity index (χ0n) is 8.06. The summed E-state index contributed by atoms with van der Waals surface area (Å²) in [5, 5.41) is 3.28. The van der Waals surface area contributed by atoms with Gasteiger partial charge in [-0.05, 0) is 31.5 Å². The van der Waals surface area contributed by atoms with Gasteiger partial charge in [0.15, 0.2) is 0 Å². The Bertz CT molecular complexity index is 296. The van der Waals surface area contributed by atoms with Crippen molar-refractivity contribution in [1.82, 2.24) is 9.97 Å². The second-order valence-electron chi connectivity index (χ2n) is 3.39. The van der Waals surface area contributed by atoms with Crippen molar-refractivity contribution in [1.29, 1.82) is 0 Å². The van der Waals surface area contributed by atoms with Gasteiger partial charge in [0.1, 0.15) is 0 Å². The minimum Gasteiger partial charge on any atom is -0.350 e. The van der Waals surface area contributed by atoms with Crippen LogP contribution >= 0.6 is 0 Å². The van der Waals surface area contributed by atoms with E-state index in [1.54, 1.807) is 12.4 Å². The lowest BCUT2D eigenvalue weighted by molar-refractivity contribution is 0.649. The first-order chi connectivity index (χ1) is 6.95. The molecular formula is C10H14N4. The van der Waals surface area contributed by atoms with E-state index in [-0.39, 0.29) is 0 Å². The Hall–Kier alpha value is -1.45. The highest BCUT2D eigenvalue weighted by atomic mass is 15.1. The molecule has 0 radical (unpaired) electrons. The average molecular weight is 190 g/mol. The van der Waals surface area contributed by atoms with Crippen molar-refractivity contribution in [3.63, 3.8) is 0 Å². The SMILES string of the molecule is C1=NC[C@@H](Nc2ncccn2)CCC1. The summed E-state index contributed by atoms with van der Waals surface area (Å²) < 4.78 is 0. The van der Waals surface area contributed by atoms with E-state index in [0.29, 0.717) is 12.0 Å². The maximum Gasteiger partial charge on any atom is 0.222 e. The molecule has 0 saturated heterocycles. The highest BCUT2D eigenvalue weighted by Gasteiger charge is 2.10. The van der Waals surface area contributed by atoms with Gasteiger partial charge in [-0.2, -0.15) is 0 Å². The number of aliphatic imine (C=N–C) groups is 1. The van der Waals surface area contributed by atoms with E-state index in [0.717, 1.165) is 19.4 Å². The number of nitrogens with zero attached hydrogens (tertiary/aromatic N) is 3. The fourth-order valence-electron chi connectivity index (χ4n) is 1.51. The summed E-state index contributed by atoms with van der Waals surface area (Å²) in [6, 6.07) is 2.20. The van der Waals surface area contributed by atoms with Crippen molar-refractivity contribution in [2.75, 3.05) is 11.9 Å². The second kappa shape index (κ2) is 4.69. The zero-order chi connectivity index (χ0) is 9.64. The van der Waals surface area contributed by atoms with Crippen LogP contribution in [0, 0.1) is 0 Å². The Morgan fingerprint density at radius 1 is 1.29 bits per heavy atom. The van der Waals surface area contributed by atoms with Gasteiger partial charge in [-0.25, -0.2) is 9.97 Å². The molecular weight excluding hydrogens is 176 g/mol. The summed E-state index contributed by atoms with van der Waals surface area (Å²) in [5.74, 6) is 0.703. The van der Waals surface area contributed by atoms with Gasteiger partial charge in [0.2, 0.25) is 5.95 Å². The molecule has 0 amide bonds. The highest BCUT2D eigenvalue weighted by molar-refractivity contribution is 5.57. The molecule has 1 atom stereocenters. The first kappa shape index (κ1) is 9.12. The number of rotatable bonds is 2. The molecule has 0 saturated carbocycles. The molecule has 0 aliphatic carbocycles. The van der Waals surface area contributed by atoms with E-state index >= 15 is 0 Å². The van der Waals surface area contributed by atoms with E-state index in [9.17, 15) is 0 Å². The monoisotopic (exact) mass is 190 g/mol. The lowest BCUT2D eigenvalue weighted by Crippen LogP contribution is -2.23. The molecule has 4 heteroatoms. The number of hydrogen-bond acceptors (Lipinski definition) is 4.